The first-order valence-corrected chi connectivity index (χ1v) is 16.5. The van der Waals surface area contributed by atoms with Crippen LogP contribution in [0.3, 0.4) is 0 Å². The van der Waals surface area contributed by atoms with Crippen molar-refractivity contribution in [1.29, 1.82) is 0 Å². The molecule has 0 aliphatic heterocycles. The second kappa shape index (κ2) is 10.9. The molecule has 0 N–H and O–H groups in total. The van der Waals surface area contributed by atoms with Gasteiger partial charge in [0.15, 0.2) is 0 Å². The molecule has 2 heterocycles. The fourth-order valence-corrected chi connectivity index (χ4v) is 10.7. The van der Waals surface area contributed by atoms with Gasteiger partial charge in [0.2, 0.25) is 0 Å². The summed E-state index contributed by atoms with van der Waals surface area (Å²) in [6.45, 7) is 6.38. The third-order valence-electron chi connectivity index (χ3n) is 5.92. The van der Waals surface area contributed by atoms with Crippen molar-refractivity contribution in [3.8, 4) is 0 Å². The van der Waals surface area contributed by atoms with Gasteiger partial charge in [0.05, 0.1) is 0 Å². The number of halogens is 1. The molecular formula is C26H26AsFN2O5S. The number of esters is 1. The number of ether oxygens (including phenoxy) is 1. The van der Waals surface area contributed by atoms with E-state index in [1.807, 2.05) is 19.9 Å². The number of furan rings is 1. The Labute approximate surface area is 214 Å². The first-order valence-electron chi connectivity index (χ1n) is 11.4. The molecule has 2 aromatic heterocycles. The zero-order valence-electron chi connectivity index (χ0n) is 20.1. The standard InChI is InChI=1S/C26H26AsFN2O5S/c1-4-30(5-2)13-6-7-17-15-18(28)8-11-23(17)36(32,33)27-21-10-9-20-19-12-14-35-22(19)16-29-25(20)24(21)26(31)34-3/h6-12,14-16,27H,4-5,13H2,1-3H3. The Morgan fingerprint density at radius 2 is 1.94 bits per heavy atom. The summed E-state index contributed by atoms with van der Waals surface area (Å²) >= 11 is -1.97. The second-order valence-corrected chi connectivity index (χ2v) is 15.5. The van der Waals surface area contributed by atoms with Gasteiger partial charge < -0.3 is 0 Å². The molecule has 0 saturated carbocycles. The SMILES string of the molecule is CCN(CC)CC=Cc1cc(F)ccc1S(=O)(=O)[AsH]c1ccc2c(ncc3occc32)c1C(=O)OC. The Kier molecular flexibility index (Phi) is 7.93. The van der Waals surface area contributed by atoms with Gasteiger partial charge in [-0.1, -0.05) is 0 Å². The van der Waals surface area contributed by atoms with E-state index >= 15 is 0 Å². The fraction of sp³-hybridized carbons (Fsp3) is 0.231. The molecule has 36 heavy (non-hydrogen) atoms. The predicted octanol–water partition coefficient (Wildman–Crippen LogP) is 3.71. The molecule has 0 aliphatic carbocycles. The van der Waals surface area contributed by atoms with Crippen LogP contribution in [0.2, 0.25) is 0 Å². The van der Waals surface area contributed by atoms with E-state index in [0.29, 0.717) is 27.4 Å². The van der Waals surface area contributed by atoms with Crippen LogP contribution in [0, 0.1) is 5.82 Å². The Bertz CT molecular complexity index is 1560. The molecule has 0 amide bonds. The monoisotopic (exact) mass is 572 g/mol. The van der Waals surface area contributed by atoms with Crippen LogP contribution in [-0.4, -0.2) is 65.6 Å². The quantitative estimate of drug-likeness (QED) is 0.223. The number of nitrogens with zero attached hydrogens (tertiary/aromatic N) is 2. The average Bonchev–Trinajstić information content (AvgIpc) is 3.35. The van der Waals surface area contributed by atoms with Crippen LogP contribution in [0.5, 0.6) is 0 Å². The summed E-state index contributed by atoms with van der Waals surface area (Å²) < 4.78 is 52.1. The molecular weight excluding hydrogens is 546 g/mol. The van der Waals surface area contributed by atoms with Crippen molar-refractivity contribution in [3.05, 3.63) is 71.9 Å². The van der Waals surface area contributed by atoms with Gasteiger partial charge in [0.25, 0.3) is 0 Å². The van der Waals surface area contributed by atoms with Gasteiger partial charge in [0.1, 0.15) is 0 Å². The molecule has 0 saturated heterocycles. The maximum absolute atomic E-state index is 14.1. The zero-order chi connectivity index (χ0) is 25.9. The molecule has 0 radical (unpaired) electrons. The third kappa shape index (κ3) is 5.23. The van der Waals surface area contributed by atoms with Crippen molar-refractivity contribution in [2.75, 3.05) is 26.7 Å². The van der Waals surface area contributed by atoms with E-state index in [0.717, 1.165) is 24.5 Å². The van der Waals surface area contributed by atoms with E-state index in [2.05, 4.69) is 9.88 Å². The van der Waals surface area contributed by atoms with Crippen molar-refractivity contribution < 1.29 is 26.8 Å². The van der Waals surface area contributed by atoms with E-state index in [-0.39, 0.29) is 16.0 Å². The molecule has 2 aromatic carbocycles. The number of carbonyl (C=O) groups is 1. The number of likely N-dealkylation sites (N-methyl/N-ethyl adjacent to an activating group) is 1. The Balaban J connectivity index is 1.78. The molecule has 0 aliphatic rings. The summed E-state index contributed by atoms with van der Waals surface area (Å²) in [4.78, 5) is 19.4. The van der Waals surface area contributed by atoms with Crippen LogP contribution in [0.4, 0.5) is 4.39 Å². The van der Waals surface area contributed by atoms with Crippen LogP contribution < -0.4 is 4.35 Å². The Hall–Kier alpha value is -3.00. The van der Waals surface area contributed by atoms with E-state index < -0.39 is 34.5 Å². The molecule has 4 rings (SSSR count). The summed E-state index contributed by atoms with van der Waals surface area (Å²) in [7, 11) is -2.60. The number of fused-ring (bicyclic) bond motifs is 3. The first kappa shape index (κ1) is 26.1. The number of benzene rings is 2. The molecule has 1 atom stereocenters. The van der Waals surface area contributed by atoms with Gasteiger partial charge in [-0.2, -0.15) is 0 Å². The van der Waals surface area contributed by atoms with Crippen LogP contribution in [0.15, 0.2) is 64.2 Å². The molecule has 4 aromatic rings. The van der Waals surface area contributed by atoms with Crippen LogP contribution in [-0.2, 0) is 12.8 Å². The van der Waals surface area contributed by atoms with Crippen molar-refractivity contribution in [2.45, 2.75) is 18.7 Å². The summed E-state index contributed by atoms with van der Waals surface area (Å²) in [6.07, 6.45) is 6.50. The molecule has 1 unspecified atom stereocenters. The summed E-state index contributed by atoms with van der Waals surface area (Å²) in [6, 6.07) is 8.80. The maximum atomic E-state index is 14.1. The van der Waals surface area contributed by atoms with Gasteiger partial charge in [0, 0.05) is 0 Å². The van der Waals surface area contributed by atoms with E-state index in [1.165, 1.54) is 31.7 Å². The number of carbonyl (C=O) groups excluding carboxylic acids is 1. The van der Waals surface area contributed by atoms with E-state index in [9.17, 15) is 17.6 Å². The molecule has 0 spiro atoms. The number of pyridine rings is 1. The predicted molar refractivity (Wildman–Crippen MR) is 140 cm³/mol. The third-order valence-corrected chi connectivity index (χ3v) is 12.7. The first-order chi connectivity index (χ1) is 17.3. The number of aromatic nitrogens is 1. The molecule has 0 fully saturated rings. The van der Waals surface area contributed by atoms with Crippen LogP contribution in [0.1, 0.15) is 29.8 Å². The van der Waals surface area contributed by atoms with Crippen LogP contribution in [0.25, 0.3) is 27.9 Å². The van der Waals surface area contributed by atoms with Gasteiger partial charge in [-0.05, 0) is 0 Å². The molecule has 0 bridgehead atoms. The number of hydrogen-bond donors (Lipinski definition) is 0. The van der Waals surface area contributed by atoms with Gasteiger partial charge in [-0.25, -0.2) is 0 Å². The van der Waals surface area contributed by atoms with Crippen molar-refractivity contribution >= 4 is 61.0 Å². The van der Waals surface area contributed by atoms with E-state index in [1.54, 1.807) is 24.3 Å². The number of methoxy groups -OCH3 is 1. The average molecular weight is 572 g/mol. The van der Waals surface area contributed by atoms with Crippen LogP contribution >= 0.6 is 0 Å². The second-order valence-electron chi connectivity index (χ2n) is 8.01. The van der Waals surface area contributed by atoms with Gasteiger partial charge in [-0.15, -0.1) is 0 Å². The number of rotatable bonds is 9. The molecule has 188 valence electrons. The van der Waals surface area contributed by atoms with E-state index in [4.69, 9.17) is 9.15 Å². The Morgan fingerprint density at radius 1 is 1.17 bits per heavy atom. The topological polar surface area (TPSA) is 89.7 Å². The Morgan fingerprint density at radius 3 is 2.67 bits per heavy atom. The minimum absolute atomic E-state index is 0.0360. The molecule has 7 nitrogen and oxygen atoms in total. The van der Waals surface area contributed by atoms with Gasteiger partial charge in [-0.3, -0.25) is 0 Å². The summed E-state index contributed by atoms with van der Waals surface area (Å²) in [5.41, 5.74) is 1.32. The fourth-order valence-electron chi connectivity index (χ4n) is 4.01. The van der Waals surface area contributed by atoms with Crippen molar-refractivity contribution in [1.82, 2.24) is 9.88 Å². The number of hydrogen-bond acceptors (Lipinski definition) is 7. The summed E-state index contributed by atoms with van der Waals surface area (Å²) in [5, 5.41) is 1.43. The van der Waals surface area contributed by atoms with Crippen molar-refractivity contribution in [3.63, 3.8) is 0 Å². The minimum atomic E-state index is -3.85. The normalized spacial score (nSPS) is 12.6. The molecule has 10 heteroatoms. The zero-order valence-corrected chi connectivity index (χ0v) is 23.0. The summed E-state index contributed by atoms with van der Waals surface area (Å²) in [5.74, 6) is -1.19. The van der Waals surface area contributed by atoms with Gasteiger partial charge >= 0.3 is 215 Å². The van der Waals surface area contributed by atoms with Crippen molar-refractivity contribution in [2.24, 2.45) is 0 Å².